The molecule has 0 fully saturated rings. The molecule has 298 valence electrons. The maximum absolute atomic E-state index is 14.0. The van der Waals surface area contributed by atoms with Crippen molar-refractivity contribution in [1.82, 2.24) is 0 Å². The van der Waals surface area contributed by atoms with Crippen molar-refractivity contribution in [3.05, 3.63) is 191 Å². The fourth-order valence-electron chi connectivity index (χ4n) is 12.1. The Balaban J connectivity index is 1.03. The normalized spacial score (nSPS) is 13.0. The van der Waals surface area contributed by atoms with Gasteiger partial charge in [0, 0.05) is 0 Å². The predicted molar refractivity (Wildman–Crippen MR) is 262 cm³/mol. The van der Waals surface area contributed by atoms with Crippen LogP contribution in [0.3, 0.4) is 0 Å². The molecule has 0 amide bonds. The van der Waals surface area contributed by atoms with E-state index in [-0.39, 0.29) is 38.6 Å². The van der Waals surface area contributed by atoms with Gasteiger partial charge in [-0.25, -0.2) is 9.59 Å². The number of rotatable bonds is 6. The third kappa shape index (κ3) is 4.75. The molecule has 0 saturated carbocycles. The van der Waals surface area contributed by atoms with Gasteiger partial charge in [-0.05, 0) is 137 Å². The first-order valence-electron chi connectivity index (χ1n) is 22.2. The first-order valence-corrected chi connectivity index (χ1v) is 22.2. The number of benzene rings is 10. The number of hydrogen-bond donors (Lipinski definition) is 0. The van der Waals surface area contributed by atoms with E-state index in [1.165, 1.54) is 87.3 Å². The molecule has 4 heterocycles. The van der Waals surface area contributed by atoms with Crippen molar-refractivity contribution in [3.8, 4) is 44.5 Å². The summed E-state index contributed by atoms with van der Waals surface area (Å²) < 4.78 is 12.0. The molecule has 0 aromatic heterocycles. The third-order valence-electron chi connectivity index (χ3n) is 14.7. The molecule has 0 N–H and O–H groups in total. The first kappa shape index (κ1) is 35.9. The molecule has 0 saturated heterocycles. The van der Waals surface area contributed by atoms with E-state index in [0.717, 1.165) is 44.5 Å². The highest BCUT2D eigenvalue weighted by molar-refractivity contribution is 7.03. The summed E-state index contributed by atoms with van der Waals surface area (Å²) in [6, 6.07) is 55.2. The first-order chi connectivity index (χ1) is 31.4. The van der Waals surface area contributed by atoms with Crippen LogP contribution in [0, 0.1) is 13.8 Å². The van der Waals surface area contributed by atoms with Gasteiger partial charge in [0.1, 0.15) is 13.2 Å². The highest BCUT2D eigenvalue weighted by Gasteiger charge is 2.45. The minimum Gasteiger partial charge on any atom is -0.457 e. The molecular formula is C58H36B2O4. The van der Waals surface area contributed by atoms with Crippen LogP contribution in [0.2, 0.25) is 0 Å². The van der Waals surface area contributed by atoms with E-state index in [4.69, 9.17) is 9.47 Å². The summed E-state index contributed by atoms with van der Waals surface area (Å²) in [5, 5.41) is 7.56. The Hall–Kier alpha value is -7.69. The second kappa shape index (κ2) is 12.9. The zero-order valence-corrected chi connectivity index (χ0v) is 35.2. The van der Waals surface area contributed by atoms with Crippen LogP contribution in [0.15, 0.2) is 158 Å². The Labute approximate surface area is 370 Å². The maximum Gasteiger partial charge on any atom is 0.338 e. The van der Waals surface area contributed by atoms with E-state index in [0.29, 0.717) is 11.1 Å². The number of hydrogen-bond acceptors (Lipinski definition) is 4. The van der Waals surface area contributed by atoms with Gasteiger partial charge in [0.15, 0.2) is 0 Å². The molecule has 0 spiro atoms. The molecule has 0 bridgehead atoms. The van der Waals surface area contributed by atoms with E-state index in [1.54, 1.807) is 0 Å². The third-order valence-corrected chi connectivity index (χ3v) is 14.7. The van der Waals surface area contributed by atoms with Crippen molar-refractivity contribution in [1.29, 1.82) is 0 Å². The topological polar surface area (TPSA) is 52.6 Å². The molecule has 10 aromatic carbocycles. The molecule has 14 rings (SSSR count). The van der Waals surface area contributed by atoms with E-state index in [2.05, 4.69) is 111 Å². The van der Waals surface area contributed by atoms with Crippen LogP contribution in [-0.4, -0.2) is 25.4 Å². The lowest BCUT2D eigenvalue weighted by Gasteiger charge is -2.32. The SMILES string of the molecule is Cc1cc2c3c(cc4c(C)cc5c6c(cc1c3c46)B1c3ccccc3-c3cc(C(=O)OCc4ccccc4)cc-5c31)B1c3ccccc3-c3cc(C(=O)OCc4ccccc4)cc-2c31. The summed E-state index contributed by atoms with van der Waals surface area (Å²) in [6.45, 7) is 4.95. The van der Waals surface area contributed by atoms with E-state index >= 15 is 0 Å². The summed E-state index contributed by atoms with van der Waals surface area (Å²) in [4.78, 5) is 28.1. The molecule has 10 aromatic rings. The van der Waals surface area contributed by atoms with E-state index < -0.39 is 0 Å². The minimum atomic E-state index is -0.325. The lowest BCUT2D eigenvalue weighted by Crippen LogP contribution is -2.53. The Morgan fingerprint density at radius 1 is 0.391 bits per heavy atom. The van der Waals surface area contributed by atoms with Gasteiger partial charge in [-0.1, -0.05) is 166 Å². The minimum absolute atomic E-state index is 0.0123. The second-order valence-electron chi connectivity index (χ2n) is 18.1. The summed E-state index contributed by atoms with van der Waals surface area (Å²) >= 11 is 0. The van der Waals surface area contributed by atoms with Crippen molar-refractivity contribution in [2.45, 2.75) is 27.1 Å². The molecule has 4 aliphatic heterocycles. The van der Waals surface area contributed by atoms with Crippen molar-refractivity contribution in [2.24, 2.45) is 0 Å². The fourth-order valence-corrected chi connectivity index (χ4v) is 12.1. The van der Waals surface area contributed by atoms with Crippen LogP contribution in [0.5, 0.6) is 0 Å². The highest BCUT2D eigenvalue weighted by atomic mass is 16.5. The van der Waals surface area contributed by atoms with Gasteiger partial charge in [-0.2, -0.15) is 0 Å². The largest absolute Gasteiger partial charge is 0.457 e. The highest BCUT2D eigenvalue weighted by Crippen LogP contribution is 2.48. The number of esters is 2. The lowest BCUT2D eigenvalue weighted by molar-refractivity contribution is 0.0464. The molecule has 4 nitrogen and oxygen atoms in total. The summed E-state index contributed by atoms with van der Waals surface area (Å²) in [5.74, 6) is -0.649. The number of carbonyl (C=O) groups excluding carboxylic acids is 2. The number of carbonyl (C=O) groups is 2. The van der Waals surface area contributed by atoms with Crippen LogP contribution < -0.4 is 32.8 Å². The van der Waals surface area contributed by atoms with Crippen LogP contribution in [0.25, 0.3) is 76.8 Å². The molecule has 64 heavy (non-hydrogen) atoms. The molecule has 4 aliphatic rings. The number of fused-ring (bicyclic) bond motifs is 10. The van der Waals surface area contributed by atoms with Crippen LogP contribution in [-0.2, 0) is 22.7 Å². The van der Waals surface area contributed by atoms with Gasteiger partial charge >= 0.3 is 11.9 Å². The van der Waals surface area contributed by atoms with Gasteiger partial charge in [0.05, 0.1) is 11.1 Å². The van der Waals surface area contributed by atoms with E-state index in [9.17, 15) is 9.59 Å². The van der Waals surface area contributed by atoms with Gasteiger partial charge in [-0.3, -0.25) is 0 Å². The average Bonchev–Trinajstić information content (AvgIpc) is 3.85. The Kier molecular flexibility index (Phi) is 7.25. The quantitative estimate of drug-likeness (QED) is 0.0957. The Morgan fingerprint density at radius 3 is 1.19 bits per heavy atom. The van der Waals surface area contributed by atoms with Crippen LogP contribution in [0.4, 0.5) is 0 Å². The van der Waals surface area contributed by atoms with E-state index in [1.807, 2.05) is 60.7 Å². The van der Waals surface area contributed by atoms with Crippen molar-refractivity contribution in [3.63, 3.8) is 0 Å². The summed E-state index contributed by atoms with van der Waals surface area (Å²) in [5.41, 5.74) is 22.2. The van der Waals surface area contributed by atoms with Gasteiger partial charge in [0.2, 0.25) is 13.4 Å². The molecule has 6 heteroatoms. The molecular weight excluding hydrogens is 782 g/mol. The van der Waals surface area contributed by atoms with Crippen molar-refractivity contribution < 1.29 is 19.1 Å². The maximum atomic E-state index is 14.0. The van der Waals surface area contributed by atoms with Crippen molar-refractivity contribution >= 4 is 90.5 Å². The van der Waals surface area contributed by atoms with Crippen LogP contribution >= 0.6 is 0 Å². The zero-order valence-electron chi connectivity index (χ0n) is 35.2. The Morgan fingerprint density at radius 2 is 0.766 bits per heavy atom. The number of aryl methyl sites for hydroxylation is 2. The average molecular weight is 819 g/mol. The Bertz CT molecular complexity index is 3500. The predicted octanol–water partition coefficient (Wildman–Crippen LogP) is 8.87. The standard InChI is InChI=1S/C58H36B2O4/c1-31-21-41-45-25-35(57(61)63-29-33-13-5-3-6-14-33)23-43-37-17-10-12-20-48(37)60(55(43)45)50-28-40-32(2)22-42-46-26-36(58(62)64-30-34-15-7-4-8-16-34)24-44-38-18-9-11-19-47(38)59(56(44)46)49-27-39(31)53(51(41)50)54(40)52(42)49/h3-28H,29-30H2,1-2H3. The van der Waals surface area contributed by atoms with Gasteiger partial charge in [0.25, 0.3) is 0 Å². The fraction of sp³-hybridized carbons (Fsp3) is 0.0690. The number of ether oxygens (including phenoxy) is 2. The summed E-state index contributed by atoms with van der Waals surface area (Å²) in [6.07, 6.45) is 0. The molecule has 0 aliphatic carbocycles. The molecule has 0 atom stereocenters. The smallest absolute Gasteiger partial charge is 0.338 e. The van der Waals surface area contributed by atoms with Gasteiger partial charge in [-0.15, -0.1) is 0 Å². The van der Waals surface area contributed by atoms with Crippen LogP contribution in [0.1, 0.15) is 43.0 Å². The summed E-state index contributed by atoms with van der Waals surface area (Å²) in [7, 11) is 0. The van der Waals surface area contributed by atoms with Gasteiger partial charge < -0.3 is 9.47 Å². The monoisotopic (exact) mass is 818 g/mol. The lowest BCUT2D eigenvalue weighted by atomic mass is 9.34. The zero-order chi connectivity index (χ0) is 42.5. The van der Waals surface area contributed by atoms with Crippen molar-refractivity contribution in [2.75, 3.05) is 0 Å². The molecule has 0 radical (unpaired) electrons. The molecule has 0 unspecified atom stereocenters. The second-order valence-corrected chi connectivity index (χ2v) is 18.1.